The molecule has 2 aromatic rings. The Morgan fingerprint density at radius 1 is 1.14 bits per heavy atom. The molecule has 2 N–H and O–H groups in total. The Labute approximate surface area is 224 Å². The molecule has 1 fully saturated rings. The first-order valence-corrected chi connectivity index (χ1v) is 13.4. The molecular formula is C29H37Cl2NO4. The summed E-state index contributed by atoms with van der Waals surface area (Å²) < 4.78 is 0. The maximum atomic E-state index is 14.2. The lowest BCUT2D eigenvalue weighted by Gasteiger charge is -2.52. The van der Waals surface area contributed by atoms with Gasteiger partial charge < -0.3 is 15.1 Å². The van der Waals surface area contributed by atoms with Crippen molar-refractivity contribution in [2.45, 2.75) is 89.8 Å². The lowest BCUT2D eigenvalue weighted by molar-refractivity contribution is -0.160. The average molecular weight is 535 g/mol. The van der Waals surface area contributed by atoms with Crippen LogP contribution in [0.1, 0.15) is 89.3 Å². The van der Waals surface area contributed by atoms with Gasteiger partial charge in [-0.2, -0.15) is 0 Å². The smallest absolute Gasteiger partial charge is 0.304 e. The van der Waals surface area contributed by atoms with Crippen molar-refractivity contribution in [2.75, 3.05) is 0 Å². The van der Waals surface area contributed by atoms with Gasteiger partial charge in [-0.1, -0.05) is 61.3 Å². The van der Waals surface area contributed by atoms with Gasteiger partial charge in [-0.05, 0) is 81.3 Å². The van der Waals surface area contributed by atoms with Crippen molar-refractivity contribution >= 4 is 35.1 Å². The summed E-state index contributed by atoms with van der Waals surface area (Å²) in [5.74, 6) is -1.29. The van der Waals surface area contributed by atoms with Gasteiger partial charge in [0.05, 0.1) is 23.5 Å². The van der Waals surface area contributed by atoms with E-state index in [1.54, 1.807) is 20.8 Å². The van der Waals surface area contributed by atoms with E-state index in [2.05, 4.69) is 6.92 Å². The Hall–Kier alpha value is -2.08. The number of hydrogen-bond donors (Lipinski definition) is 2. The van der Waals surface area contributed by atoms with Gasteiger partial charge in [0.25, 0.3) is 0 Å². The number of nitrogens with zero attached hydrogens (tertiary/aromatic N) is 1. The van der Waals surface area contributed by atoms with E-state index in [9.17, 15) is 19.8 Å². The molecule has 1 aliphatic rings. The van der Waals surface area contributed by atoms with Crippen molar-refractivity contribution in [3.05, 3.63) is 69.7 Å². The zero-order chi connectivity index (χ0) is 26.7. The van der Waals surface area contributed by atoms with Gasteiger partial charge in [0.15, 0.2) is 0 Å². The van der Waals surface area contributed by atoms with Gasteiger partial charge in [-0.3, -0.25) is 9.59 Å². The van der Waals surface area contributed by atoms with Crippen molar-refractivity contribution in [1.29, 1.82) is 0 Å². The van der Waals surface area contributed by atoms with Crippen LogP contribution in [0.2, 0.25) is 10.0 Å². The predicted molar refractivity (Wildman–Crippen MR) is 144 cm³/mol. The van der Waals surface area contributed by atoms with Crippen LogP contribution < -0.4 is 0 Å². The summed E-state index contributed by atoms with van der Waals surface area (Å²) in [6.07, 6.45) is 2.93. The number of halogens is 2. The van der Waals surface area contributed by atoms with Crippen LogP contribution in [0, 0.1) is 5.41 Å². The van der Waals surface area contributed by atoms with Crippen LogP contribution in [0.25, 0.3) is 0 Å². The summed E-state index contributed by atoms with van der Waals surface area (Å²) >= 11 is 12.6. The molecule has 4 atom stereocenters. The molecule has 3 rings (SSSR count). The lowest BCUT2D eigenvalue weighted by Crippen LogP contribution is -2.56. The van der Waals surface area contributed by atoms with E-state index in [1.165, 1.54) is 0 Å². The number of carboxylic acids is 1. The molecule has 0 spiro atoms. The molecule has 2 unspecified atom stereocenters. The highest BCUT2D eigenvalue weighted by Gasteiger charge is 2.52. The number of aliphatic carboxylic acids is 1. The number of amides is 1. The lowest BCUT2D eigenvalue weighted by atomic mass is 9.67. The molecule has 7 heteroatoms. The van der Waals surface area contributed by atoms with Crippen molar-refractivity contribution in [3.8, 4) is 0 Å². The standard InChI is InChI=1S/C29H37Cl2NO4/c1-5-23(10-7-15-28(2,3)36)32-26(19-11-13-21(30)14-12-19)24(20-8-6-9-22(31)16-20)17-29(4,27(32)35)18-25(33)34/h6,8-9,11-14,16,23-24,26,36H,5,7,10,15,17-18H2,1-4H3,(H,33,34)/t23?,24-,26?,29-/m1/s1. The van der Waals surface area contributed by atoms with Crippen LogP contribution in [-0.4, -0.2) is 38.6 Å². The minimum Gasteiger partial charge on any atom is -0.481 e. The Morgan fingerprint density at radius 3 is 2.36 bits per heavy atom. The molecule has 196 valence electrons. The van der Waals surface area contributed by atoms with Gasteiger partial charge in [0.2, 0.25) is 5.91 Å². The topological polar surface area (TPSA) is 77.8 Å². The zero-order valence-corrected chi connectivity index (χ0v) is 23.0. The summed E-state index contributed by atoms with van der Waals surface area (Å²) in [6, 6.07) is 14.8. The molecule has 0 aromatic heterocycles. The van der Waals surface area contributed by atoms with Crippen LogP contribution in [0.3, 0.4) is 0 Å². The molecule has 0 aliphatic carbocycles. The molecule has 0 radical (unpaired) electrons. The normalized spacial score (nSPS) is 23.5. The molecule has 36 heavy (non-hydrogen) atoms. The molecule has 2 aromatic carbocycles. The highest BCUT2D eigenvalue weighted by atomic mass is 35.5. The number of piperidine rings is 1. The Balaban J connectivity index is 2.15. The number of aliphatic hydroxyl groups is 1. The summed E-state index contributed by atoms with van der Waals surface area (Å²) in [7, 11) is 0. The number of carbonyl (C=O) groups is 2. The summed E-state index contributed by atoms with van der Waals surface area (Å²) in [5.41, 5.74) is 0.0748. The number of hydrogen-bond acceptors (Lipinski definition) is 3. The Bertz CT molecular complexity index is 1070. The van der Waals surface area contributed by atoms with E-state index < -0.39 is 17.0 Å². The second-order valence-corrected chi connectivity index (χ2v) is 11.8. The number of likely N-dealkylation sites (tertiary alicyclic amines) is 1. The molecule has 1 heterocycles. The highest BCUT2D eigenvalue weighted by Crippen LogP contribution is 2.52. The van der Waals surface area contributed by atoms with E-state index in [4.69, 9.17) is 23.2 Å². The molecule has 0 bridgehead atoms. The van der Waals surface area contributed by atoms with Crippen LogP contribution in [0.5, 0.6) is 0 Å². The second-order valence-electron chi connectivity index (χ2n) is 11.0. The third-order valence-corrected chi connectivity index (χ3v) is 7.81. The van der Waals surface area contributed by atoms with Gasteiger partial charge in [0, 0.05) is 22.0 Å². The second kappa shape index (κ2) is 11.5. The third-order valence-electron chi connectivity index (χ3n) is 7.32. The Morgan fingerprint density at radius 2 is 1.81 bits per heavy atom. The number of carbonyl (C=O) groups excluding carboxylic acids is 1. The van der Waals surface area contributed by atoms with Crippen molar-refractivity contribution in [2.24, 2.45) is 5.41 Å². The number of carboxylic acid groups (broad SMARTS) is 1. The van der Waals surface area contributed by atoms with Crippen LogP contribution in [-0.2, 0) is 9.59 Å². The monoisotopic (exact) mass is 533 g/mol. The molecule has 5 nitrogen and oxygen atoms in total. The van der Waals surface area contributed by atoms with Gasteiger partial charge >= 0.3 is 5.97 Å². The van der Waals surface area contributed by atoms with Gasteiger partial charge in [0.1, 0.15) is 0 Å². The molecule has 1 amide bonds. The molecular weight excluding hydrogens is 497 g/mol. The molecule has 1 saturated heterocycles. The number of benzene rings is 2. The Kier molecular flexibility index (Phi) is 9.13. The van der Waals surface area contributed by atoms with Gasteiger partial charge in [-0.25, -0.2) is 0 Å². The molecule has 1 aliphatic heterocycles. The fourth-order valence-corrected chi connectivity index (χ4v) is 5.92. The number of rotatable bonds is 10. The maximum absolute atomic E-state index is 14.2. The minimum absolute atomic E-state index is 0.115. The third kappa shape index (κ3) is 6.81. The van der Waals surface area contributed by atoms with E-state index >= 15 is 0 Å². The molecule has 0 saturated carbocycles. The van der Waals surface area contributed by atoms with E-state index in [-0.39, 0.29) is 30.3 Å². The first-order chi connectivity index (χ1) is 16.8. The SMILES string of the molecule is CCC(CCCC(C)(C)O)N1C(=O)[C@@](C)(CC(=O)O)C[C@H](c2cccc(Cl)c2)C1c1ccc(Cl)cc1. The van der Waals surface area contributed by atoms with Crippen LogP contribution in [0.4, 0.5) is 0 Å². The summed E-state index contributed by atoms with van der Waals surface area (Å²) in [6.45, 7) is 7.40. The maximum Gasteiger partial charge on any atom is 0.304 e. The first kappa shape index (κ1) is 28.5. The first-order valence-electron chi connectivity index (χ1n) is 12.6. The largest absolute Gasteiger partial charge is 0.481 e. The quantitative estimate of drug-likeness (QED) is 0.337. The fraction of sp³-hybridized carbons (Fsp3) is 0.517. The van der Waals surface area contributed by atoms with Crippen molar-refractivity contribution in [3.63, 3.8) is 0 Å². The van der Waals surface area contributed by atoms with Crippen LogP contribution in [0.15, 0.2) is 48.5 Å². The zero-order valence-electron chi connectivity index (χ0n) is 21.5. The fourth-order valence-electron chi connectivity index (χ4n) is 5.59. The van der Waals surface area contributed by atoms with Crippen LogP contribution >= 0.6 is 23.2 Å². The summed E-state index contributed by atoms with van der Waals surface area (Å²) in [4.78, 5) is 28.0. The predicted octanol–water partition coefficient (Wildman–Crippen LogP) is 7.25. The highest BCUT2D eigenvalue weighted by molar-refractivity contribution is 6.30. The summed E-state index contributed by atoms with van der Waals surface area (Å²) in [5, 5.41) is 21.2. The van der Waals surface area contributed by atoms with Gasteiger partial charge in [-0.15, -0.1) is 0 Å². The van der Waals surface area contributed by atoms with E-state index in [0.717, 1.165) is 17.5 Å². The van der Waals surface area contributed by atoms with E-state index in [0.29, 0.717) is 35.7 Å². The van der Waals surface area contributed by atoms with Crippen molar-refractivity contribution in [1.82, 2.24) is 4.90 Å². The van der Waals surface area contributed by atoms with Crippen molar-refractivity contribution < 1.29 is 19.8 Å². The van der Waals surface area contributed by atoms with E-state index in [1.807, 2.05) is 53.4 Å². The minimum atomic E-state index is -1.06. The average Bonchev–Trinajstić information content (AvgIpc) is 2.78.